The van der Waals surface area contributed by atoms with E-state index in [1.807, 2.05) is 0 Å². The molecule has 2 fully saturated rings. The number of rotatable bonds is 5. The molecule has 0 atom stereocenters. The molecule has 4 heteroatoms. The summed E-state index contributed by atoms with van der Waals surface area (Å²) in [6.07, 6.45) is 6.77. The molecule has 0 saturated heterocycles. The Labute approximate surface area is 90.4 Å². The van der Waals surface area contributed by atoms with Crippen molar-refractivity contribution in [3.63, 3.8) is 0 Å². The van der Waals surface area contributed by atoms with Crippen LogP contribution >= 0.6 is 0 Å². The predicted octanol–water partition coefficient (Wildman–Crippen LogP) is 0.160. The Bertz CT molecular complexity index is 233. The summed E-state index contributed by atoms with van der Waals surface area (Å²) in [7, 11) is 0. The molecule has 0 aromatic carbocycles. The highest BCUT2D eigenvalue weighted by Gasteiger charge is 2.43. The molecule has 0 heterocycles. The van der Waals surface area contributed by atoms with Crippen LogP contribution in [0.2, 0.25) is 0 Å². The predicted molar refractivity (Wildman–Crippen MR) is 57.5 cm³/mol. The first-order chi connectivity index (χ1) is 7.24. The van der Waals surface area contributed by atoms with Crippen LogP contribution in [0.3, 0.4) is 0 Å². The van der Waals surface area contributed by atoms with Gasteiger partial charge in [-0.3, -0.25) is 4.79 Å². The van der Waals surface area contributed by atoms with Crippen molar-refractivity contribution in [2.24, 2.45) is 0 Å². The van der Waals surface area contributed by atoms with Gasteiger partial charge in [0.15, 0.2) is 0 Å². The topological polar surface area (TPSA) is 61.4 Å². The molecular weight excluding hydrogens is 192 g/mol. The summed E-state index contributed by atoms with van der Waals surface area (Å²) in [5, 5.41) is 15.2. The molecule has 0 aliphatic heterocycles. The molecule has 0 radical (unpaired) electrons. The lowest BCUT2D eigenvalue weighted by molar-refractivity contribution is -0.121. The summed E-state index contributed by atoms with van der Waals surface area (Å²) in [5.41, 5.74) is -0.269. The Kier molecular flexibility index (Phi) is 3.26. The second-order valence-electron chi connectivity index (χ2n) is 4.85. The number of aliphatic hydroxyl groups excluding tert-OH is 1. The summed E-state index contributed by atoms with van der Waals surface area (Å²) in [6, 6.07) is 0.528. The van der Waals surface area contributed by atoms with Gasteiger partial charge >= 0.3 is 0 Å². The fourth-order valence-electron chi connectivity index (χ4n) is 2.18. The number of aliphatic hydroxyl groups is 1. The molecule has 1 amide bonds. The van der Waals surface area contributed by atoms with E-state index in [1.54, 1.807) is 0 Å². The normalized spacial score (nSPS) is 24.1. The van der Waals surface area contributed by atoms with E-state index in [1.165, 1.54) is 25.7 Å². The van der Waals surface area contributed by atoms with Crippen LogP contribution in [0, 0.1) is 0 Å². The van der Waals surface area contributed by atoms with E-state index in [0.717, 1.165) is 12.8 Å². The molecule has 0 bridgehead atoms. The highest BCUT2D eigenvalue weighted by molar-refractivity contribution is 5.79. The Balaban J connectivity index is 1.64. The quantitative estimate of drug-likeness (QED) is 0.608. The van der Waals surface area contributed by atoms with Crippen molar-refractivity contribution in [1.82, 2.24) is 10.6 Å². The van der Waals surface area contributed by atoms with Crippen molar-refractivity contribution < 1.29 is 9.90 Å². The lowest BCUT2D eigenvalue weighted by Crippen LogP contribution is -2.45. The first kappa shape index (κ1) is 10.9. The van der Waals surface area contributed by atoms with Crippen LogP contribution in [0.15, 0.2) is 0 Å². The molecule has 15 heavy (non-hydrogen) atoms. The Morgan fingerprint density at radius 1 is 1.33 bits per heavy atom. The van der Waals surface area contributed by atoms with Gasteiger partial charge in [0, 0.05) is 6.04 Å². The average Bonchev–Trinajstić information content (AvgIpc) is 2.80. The molecule has 3 N–H and O–H groups in total. The Morgan fingerprint density at radius 2 is 2.00 bits per heavy atom. The number of nitrogens with one attached hydrogen (secondary N) is 2. The fraction of sp³-hybridized carbons (Fsp3) is 0.909. The molecule has 2 rings (SSSR count). The van der Waals surface area contributed by atoms with E-state index in [4.69, 9.17) is 5.11 Å². The van der Waals surface area contributed by atoms with Crippen LogP contribution in [-0.2, 0) is 4.79 Å². The van der Waals surface area contributed by atoms with Gasteiger partial charge in [0.1, 0.15) is 0 Å². The highest BCUT2D eigenvalue weighted by Crippen LogP contribution is 2.34. The zero-order chi connectivity index (χ0) is 10.7. The number of carbonyl (C=O) groups excluding carboxylic acids is 1. The van der Waals surface area contributed by atoms with Gasteiger partial charge in [0.2, 0.25) is 5.91 Å². The van der Waals surface area contributed by atoms with Gasteiger partial charge in [-0.1, -0.05) is 12.8 Å². The monoisotopic (exact) mass is 212 g/mol. The van der Waals surface area contributed by atoms with E-state index >= 15 is 0 Å². The lowest BCUT2D eigenvalue weighted by atomic mass is 10.2. The van der Waals surface area contributed by atoms with E-state index in [2.05, 4.69) is 10.6 Å². The molecule has 0 aromatic rings. The molecule has 2 saturated carbocycles. The van der Waals surface area contributed by atoms with E-state index in [-0.39, 0.29) is 18.1 Å². The zero-order valence-corrected chi connectivity index (χ0v) is 9.09. The summed E-state index contributed by atoms with van der Waals surface area (Å²) >= 11 is 0. The summed E-state index contributed by atoms with van der Waals surface area (Å²) in [5.74, 6) is 0.0217. The van der Waals surface area contributed by atoms with Crippen LogP contribution in [0.5, 0.6) is 0 Å². The molecule has 2 aliphatic rings. The summed E-state index contributed by atoms with van der Waals surface area (Å²) in [4.78, 5) is 11.5. The Morgan fingerprint density at radius 3 is 2.53 bits per heavy atom. The average molecular weight is 212 g/mol. The maximum Gasteiger partial charge on any atom is 0.234 e. The maximum absolute atomic E-state index is 11.5. The lowest BCUT2D eigenvalue weighted by Gasteiger charge is -2.16. The van der Waals surface area contributed by atoms with E-state index in [9.17, 15) is 4.79 Å². The number of hydrogen-bond donors (Lipinski definition) is 3. The SMILES string of the molecule is O=C(CNC1CCCC1)NC1(CO)CC1. The minimum atomic E-state index is -0.269. The van der Waals surface area contributed by atoms with Crippen LogP contribution in [-0.4, -0.2) is 35.7 Å². The second kappa shape index (κ2) is 4.49. The highest BCUT2D eigenvalue weighted by atomic mass is 16.3. The van der Waals surface area contributed by atoms with Crippen molar-refractivity contribution in [2.75, 3.05) is 13.2 Å². The second-order valence-corrected chi connectivity index (χ2v) is 4.85. The van der Waals surface area contributed by atoms with Crippen molar-refractivity contribution in [2.45, 2.75) is 50.1 Å². The number of carbonyl (C=O) groups is 1. The van der Waals surface area contributed by atoms with Gasteiger partial charge in [-0.15, -0.1) is 0 Å². The van der Waals surface area contributed by atoms with Crippen LogP contribution in [0.25, 0.3) is 0 Å². The van der Waals surface area contributed by atoms with E-state index < -0.39 is 0 Å². The maximum atomic E-state index is 11.5. The molecule has 0 aromatic heterocycles. The van der Waals surface area contributed by atoms with Crippen molar-refractivity contribution in [3.05, 3.63) is 0 Å². The standard InChI is InChI=1S/C11H20N2O2/c14-8-11(5-6-11)13-10(15)7-12-9-3-1-2-4-9/h9,12,14H,1-8H2,(H,13,15). The fourth-order valence-corrected chi connectivity index (χ4v) is 2.18. The molecule has 4 nitrogen and oxygen atoms in total. The Hall–Kier alpha value is -0.610. The van der Waals surface area contributed by atoms with Crippen LogP contribution in [0.1, 0.15) is 38.5 Å². The van der Waals surface area contributed by atoms with Gasteiger partial charge in [0.05, 0.1) is 18.7 Å². The first-order valence-electron chi connectivity index (χ1n) is 5.89. The smallest absolute Gasteiger partial charge is 0.234 e. The molecule has 86 valence electrons. The van der Waals surface area contributed by atoms with Gasteiger partial charge < -0.3 is 15.7 Å². The first-order valence-corrected chi connectivity index (χ1v) is 5.89. The largest absolute Gasteiger partial charge is 0.394 e. The summed E-state index contributed by atoms with van der Waals surface area (Å²) in [6.45, 7) is 0.467. The van der Waals surface area contributed by atoms with Crippen LogP contribution in [0.4, 0.5) is 0 Å². The van der Waals surface area contributed by atoms with Gasteiger partial charge in [-0.25, -0.2) is 0 Å². The molecule has 0 spiro atoms. The molecule has 0 unspecified atom stereocenters. The van der Waals surface area contributed by atoms with Crippen molar-refractivity contribution in [3.8, 4) is 0 Å². The zero-order valence-electron chi connectivity index (χ0n) is 9.09. The molecule has 2 aliphatic carbocycles. The third-order valence-corrected chi connectivity index (χ3v) is 3.47. The van der Waals surface area contributed by atoms with Crippen LogP contribution < -0.4 is 10.6 Å². The minimum Gasteiger partial charge on any atom is -0.394 e. The van der Waals surface area contributed by atoms with E-state index in [0.29, 0.717) is 12.6 Å². The minimum absolute atomic E-state index is 0.0217. The van der Waals surface area contributed by atoms with Crippen molar-refractivity contribution >= 4 is 5.91 Å². The number of hydrogen-bond acceptors (Lipinski definition) is 3. The van der Waals surface area contributed by atoms with Gasteiger partial charge in [-0.2, -0.15) is 0 Å². The summed E-state index contributed by atoms with van der Waals surface area (Å²) < 4.78 is 0. The third kappa shape index (κ3) is 2.92. The van der Waals surface area contributed by atoms with Crippen molar-refractivity contribution in [1.29, 1.82) is 0 Å². The third-order valence-electron chi connectivity index (χ3n) is 3.47. The van der Waals surface area contributed by atoms with Gasteiger partial charge in [0.25, 0.3) is 0 Å². The number of amides is 1. The molecular formula is C11H20N2O2. The van der Waals surface area contributed by atoms with Gasteiger partial charge in [-0.05, 0) is 25.7 Å².